The predicted molar refractivity (Wildman–Crippen MR) is 91.1 cm³/mol. The van der Waals surface area contributed by atoms with E-state index in [4.69, 9.17) is 14.2 Å². The number of hydrogen-bond donors (Lipinski definition) is 0. The third kappa shape index (κ3) is 4.17. The molecule has 1 aromatic heterocycles. The lowest BCUT2D eigenvalue weighted by atomic mass is 10.1. The molecule has 1 fully saturated rings. The molecular formula is C18H21N3O4. The fraction of sp³-hybridized carbons (Fsp3) is 0.389. The molecule has 25 heavy (non-hydrogen) atoms. The summed E-state index contributed by atoms with van der Waals surface area (Å²) in [4.78, 5) is 22.8. The summed E-state index contributed by atoms with van der Waals surface area (Å²) >= 11 is 0. The number of hydrogen-bond acceptors (Lipinski definition) is 6. The van der Waals surface area contributed by atoms with Crippen LogP contribution in [0.1, 0.15) is 23.2 Å². The van der Waals surface area contributed by atoms with Crippen molar-refractivity contribution in [2.24, 2.45) is 0 Å². The van der Waals surface area contributed by atoms with E-state index in [1.54, 1.807) is 55.8 Å². The van der Waals surface area contributed by atoms with Gasteiger partial charge < -0.3 is 19.1 Å². The summed E-state index contributed by atoms with van der Waals surface area (Å²) in [6.07, 6.45) is 4.88. The van der Waals surface area contributed by atoms with Crippen molar-refractivity contribution in [1.29, 1.82) is 0 Å². The van der Waals surface area contributed by atoms with Crippen LogP contribution in [0.15, 0.2) is 36.7 Å². The quantitative estimate of drug-likeness (QED) is 0.828. The summed E-state index contributed by atoms with van der Waals surface area (Å²) in [5.74, 6) is 1.11. The number of nitrogens with zero attached hydrogens (tertiary/aromatic N) is 3. The Morgan fingerprint density at radius 2 is 1.80 bits per heavy atom. The van der Waals surface area contributed by atoms with Crippen molar-refractivity contribution in [1.82, 2.24) is 14.9 Å². The smallest absolute Gasteiger partial charge is 0.316 e. The molecule has 1 amide bonds. The van der Waals surface area contributed by atoms with Crippen LogP contribution in [0.4, 0.5) is 0 Å². The number of ether oxygens (including phenoxy) is 3. The van der Waals surface area contributed by atoms with Crippen molar-refractivity contribution in [3.63, 3.8) is 0 Å². The Bertz CT molecular complexity index is 701. The molecule has 0 radical (unpaired) electrons. The molecule has 1 atom stereocenters. The third-order valence-corrected chi connectivity index (χ3v) is 4.08. The summed E-state index contributed by atoms with van der Waals surface area (Å²) < 4.78 is 16.3. The number of carbonyl (C=O) groups is 1. The van der Waals surface area contributed by atoms with E-state index in [1.165, 1.54) is 0 Å². The lowest BCUT2D eigenvalue weighted by Crippen LogP contribution is -2.44. The first kappa shape index (κ1) is 17.0. The lowest BCUT2D eigenvalue weighted by molar-refractivity contribution is 0.0515. The standard InChI is InChI=1S/C18H21N3O4/c1-23-15-9-13(10-16(11-15)24-2)17(22)21-8-3-5-14(12-21)25-18-19-6-4-7-20-18/h4,6-7,9-11,14H,3,5,8,12H2,1-2H3. The van der Waals surface area contributed by atoms with Crippen LogP contribution < -0.4 is 14.2 Å². The maximum Gasteiger partial charge on any atom is 0.316 e. The number of benzene rings is 1. The molecule has 0 bridgehead atoms. The predicted octanol–water partition coefficient (Wildman–Crippen LogP) is 2.18. The van der Waals surface area contributed by atoms with Crippen LogP contribution in [0.5, 0.6) is 17.5 Å². The van der Waals surface area contributed by atoms with Crippen molar-refractivity contribution >= 4 is 5.91 Å². The average Bonchev–Trinajstić information content (AvgIpc) is 2.68. The molecule has 3 rings (SSSR count). The normalized spacial score (nSPS) is 17.0. The van der Waals surface area contributed by atoms with Crippen LogP contribution in [0.2, 0.25) is 0 Å². The molecule has 7 heteroatoms. The van der Waals surface area contributed by atoms with Gasteiger partial charge in [-0.2, -0.15) is 0 Å². The van der Waals surface area contributed by atoms with Crippen LogP contribution in [-0.4, -0.2) is 54.2 Å². The van der Waals surface area contributed by atoms with Crippen molar-refractivity contribution < 1.29 is 19.0 Å². The van der Waals surface area contributed by atoms with Gasteiger partial charge in [0.05, 0.1) is 20.8 Å². The number of methoxy groups -OCH3 is 2. The minimum atomic E-state index is -0.118. The van der Waals surface area contributed by atoms with Gasteiger partial charge in [-0.3, -0.25) is 4.79 Å². The van der Waals surface area contributed by atoms with Crippen molar-refractivity contribution in [3.05, 3.63) is 42.2 Å². The van der Waals surface area contributed by atoms with E-state index >= 15 is 0 Å². The minimum absolute atomic E-state index is 0.0699. The second kappa shape index (κ2) is 7.83. The summed E-state index contributed by atoms with van der Waals surface area (Å²) in [5, 5.41) is 0. The first-order chi connectivity index (χ1) is 12.2. The van der Waals surface area contributed by atoms with Gasteiger partial charge in [-0.1, -0.05) is 0 Å². The number of piperidine rings is 1. The van der Waals surface area contributed by atoms with Crippen molar-refractivity contribution in [2.45, 2.75) is 18.9 Å². The van der Waals surface area contributed by atoms with Gasteiger partial charge in [0.15, 0.2) is 0 Å². The molecular weight excluding hydrogens is 322 g/mol. The molecule has 1 saturated heterocycles. The van der Waals surface area contributed by atoms with E-state index in [-0.39, 0.29) is 12.0 Å². The molecule has 1 unspecified atom stereocenters. The maximum atomic E-state index is 12.9. The fourth-order valence-corrected chi connectivity index (χ4v) is 2.83. The molecule has 132 valence electrons. The molecule has 1 aromatic carbocycles. The highest BCUT2D eigenvalue weighted by molar-refractivity contribution is 5.95. The highest BCUT2D eigenvalue weighted by Crippen LogP contribution is 2.25. The first-order valence-electron chi connectivity index (χ1n) is 8.15. The number of amides is 1. The SMILES string of the molecule is COc1cc(OC)cc(C(=O)N2CCCC(Oc3ncccn3)C2)c1. The van der Waals surface area contributed by atoms with Crippen molar-refractivity contribution in [2.75, 3.05) is 27.3 Å². The largest absolute Gasteiger partial charge is 0.497 e. The summed E-state index contributed by atoms with van der Waals surface area (Å²) in [6, 6.07) is 7.25. The second-order valence-corrected chi connectivity index (χ2v) is 5.77. The molecule has 1 aliphatic rings. The fourth-order valence-electron chi connectivity index (χ4n) is 2.83. The summed E-state index contributed by atoms with van der Waals surface area (Å²) in [6.45, 7) is 1.18. The van der Waals surface area contributed by atoms with Gasteiger partial charge in [-0.25, -0.2) is 9.97 Å². The highest BCUT2D eigenvalue weighted by Gasteiger charge is 2.26. The van der Waals surface area contributed by atoms with Gasteiger partial charge in [0, 0.05) is 30.6 Å². The Morgan fingerprint density at radius 3 is 2.44 bits per heavy atom. The van der Waals surface area contributed by atoms with Gasteiger partial charge in [-0.15, -0.1) is 0 Å². The molecule has 0 N–H and O–H groups in total. The van der Waals surface area contributed by atoms with E-state index in [9.17, 15) is 4.79 Å². The van der Waals surface area contributed by atoms with Gasteiger partial charge in [-0.05, 0) is 31.0 Å². The van der Waals surface area contributed by atoms with Crippen LogP contribution in [0.25, 0.3) is 0 Å². The number of aromatic nitrogens is 2. The Balaban J connectivity index is 1.71. The number of carbonyl (C=O) groups excluding carboxylic acids is 1. The van der Waals surface area contributed by atoms with Crippen LogP contribution in [0, 0.1) is 0 Å². The van der Waals surface area contributed by atoms with E-state index in [1.807, 2.05) is 0 Å². The Labute approximate surface area is 146 Å². The van der Waals surface area contributed by atoms with Gasteiger partial charge in [0.2, 0.25) is 0 Å². The van der Waals surface area contributed by atoms with E-state index in [0.29, 0.717) is 36.2 Å². The van der Waals surface area contributed by atoms with Crippen LogP contribution in [-0.2, 0) is 0 Å². The van der Waals surface area contributed by atoms with Gasteiger partial charge in [0.1, 0.15) is 17.6 Å². The first-order valence-corrected chi connectivity index (χ1v) is 8.15. The topological polar surface area (TPSA) is 73.8 Å². The molecule has 1 aliphatic heterocycles. The number of likely N-dealkylation sites (tertiary alicyclic amines) is 1. The lowest BCUT2D eigenvalue weighted by Gasteiger charge is -2.32. The number of rotatable bonds is 5. The van der Waals surface area contributed by atoms with Crippen molar-refractivity contribution in [3.8, 4) is 17.5 Å². The molecule has 0 saturated carbocycles. The molecule has 2 aromatic rings. The second-order valence-electron chi connectivity index (χ2n) is 5.77. The Hall–Kier alpha value is -2.83. The average molecular weight is 343 g/mol. The zero-order valence-electron chi connectivity index (χ0n) is 14.3. The summed E-state index contributed by atoms with van der Waals surface area (Å²) in [5.41, 5.74) is 0.535. The van der Waals surface area contributed by atoms with Gasteiger partial charge >= 0.3 is 6.01 Å². The highest BCUT2D eigenvalue weighted by atomic mass is 16.5. The van der Waals surface area contributed by atoms with Crippen LogP contribution >= 0.6 is 0 Å². The summed E-state index contributed by atoms with van der Waals surface area (Å²) in [7, 11) is 3.13. The zero-order chi connectivity index (χ0) is 17.6. The third-order valence-electron chi connectivity index (χ3n) is 4.08. The zero-order valence-corrected chi connectivity index (χ0v) is 14.3. The molecule has 0 spiro atoms. The Kier molecular flexibility index (Phi) is 5.33. The van der Waals surface area contributed by atoms with E-state index in [0.717, 1.165) is 12.8 Å². The maximum absolute atomic E-state index is 12.9. The Morgan fingerprint density at radius 1 is 1.12 bits per heavy atom. The minimum Gasteiger partial charge on any atom is -0.497 e. The van der Waals surface area contributed by atoms with E-state index < -0.39 is 0 Å². The monoisotopic (exact) mass is 343 g/mol. The molecule has 0 aliphatic carbocycles. The molecule has 7 nitrogen and oxygen atoms in total. The van der Waals surface area contributed by atoms with Crippen LogP contribution in [0.3, 0.4) is 0 Å². The van der Waals surface area contributed by atoms with E-state index in [2.05, 4.69) is 9.97 Å². The molecule has 2 heterocycles. The van der Waals surface area contributed by atoms with Gasteiger partial charge in [0.25, 0.3) is 5.91 Å².